The molecule has 1 heterocycles. The van der Waals surface area contributed by atoms with Gasteiger partial charge in [0.25, 0.3) is 0 Å². The highest BCUT2D eigenvalue weighted by atomic mass is 16.4. The molecule has 208 valence electrons. The second-order valence-corrected chi connectivity index (χ2v) is 9.66. The second-order valence-electron chi connectivity index (χ2n) is 9.66. The van der Waals surface area contributed by atoms with Crippen LogP contribution in [0, 0.1) is 5.92 Å². The number of fused-ring (bicyclic) bond motifs is 1. The Morgan fingerprint density at radius 1 is 0.947 bits per heavy atom. The Morgan fingerprint density at radius 3 is 2.16 bits per heavy atom. The highest BCUT2D eigenvalue weighted by Gasteiger charge is 2.33. The number of carbonyl (C=O) groups is 5. The number of primary amides is 1. The first-order valence-corrected chi connectivity index (χ1v) is 12.2. The molecule has 2 rings (SSSR count). The molecule has 10 N–H and O–H groups in total. The third-order valence-corrected chi connectivity index (χ3v) is 5.88. The van der Waals surface area contributed by atoms with Gasteiger partial charge in [0.15, 0.2) is 0 Å². The molecule has 1 aromatic heterocycles. The number of aliphatic carboxylic acids is 1. The molecule has 0 radical (unpaired) electrons. The number of carboxylic acid groups (broad SMARTS) is 1. The van der Waals surface area contributed by atoms with E-state index in [0.717, 1.165) is 10.9 Å². The van der Waals surface area contributed by atoms with E-state index in [4.69, 9.17) is 11.5 Å². The van der Waals surface area contributed by atoms with Gasteiger partial charge in [0, 0.05) is 23.5 Å². The van der Waals surface area contributed by atoms with Gasteiger partial charge in [0.05, 0.1) is 18.6 Å². The summed E-state index contributed by atoms with van der Waals surface area (Å²) in [4.78, 5) is 64.8. The Bertz CT molecular complexity index is 1160. The van der Waals surface area contributed by atoms with Crippen molar-refractivity contribution in [3.8, 4) is 0 Å². The SMILES string of the molecule is CC(C)CC(N)C(=O)NC(C(=O)NC(Cc1c[nH]c2ccccc12)C(=O)NC(CC(N)=O)C(=O)O)C(C)O. The minimum atomic E-state index is -1.62. The van der Waals surface area contributed by atoms with Crippen molar-refractivity contribution in [3.05, 3.63) is 36.0 Å². The van der Waals surface area contributed by atoms with Gasteiger partial charge < -0.3 is 42.6 Å². The number of carbonyl (C=O) groups excluding carboxylic acids is 4. The lowest BCUT2D eigenvalue weighted by Gasteiger charge is -2.26. The minimum absolute atomic E-state index is 0.0716. The fourth-order valence-corrected chi connectivity index (χ4v) is 3.95. The first kappa shape index (κ1) is 30.3. The van der Waals surface area contributed by atoms with Gasteiger partial charge in [-0.05, 0) is 30.9 Å². The summed E-state index contributed by atoms with van der Waals surface area (Å²) in [7, 11) is 0. The Morgan fingerprint density at radius 2 is 1.58 bits per heavy atom. The van der Waals surface area contributed by atoms with Crippen molar-refractivity contribution in [1.82, 2.24) is 20.9 Å². The van der Waals surface area contributed by atoms with Gasteiger partial charge in [-0.1, -0.05) is 32.0 Å². The molecule has 4 amide bonds. The predicted molar refractivity (Wildman–Crippen MR) is 138 cm³/mol. The van der Waals surface area contributed by atoms with Crippen LogP contribution in [0.15, 0.2) is 30.5 Å². The molecule has 0 aliphatic rings. The van der Waals surface area contributed by atoms with E-state index >= 15 is 0 Å². The van der Waals surface area contributed by atoms with E-state index in [1.807, 2.05) is 26.0 Å². The van der Waals surface area contributed by atoms with E-state index < -0.39 is 66.3 Å². The van der Waals surface area contributed by atoms with Gasteiger partial charge in [-0.3, -0.25) is 19.2 Å². The van der Waals surface area contributed by atoms with Gasteiger partial charge in [-0.15, -0.1) is 0 Å². The molecule has 0 aliphatic carbocycles. The zero-order valence-corrected chi connectivity index (χ0v) is 21.6. The molecule has 13 heteroatoms. The van der Waals surface area contributed by atoms with Gasteiger partial charge in [-0.2, -0.15) is 0 Å². The summed E-state index contributed by atoms with van der Waals surface area (Å²) in [5.41, 5.74) is 12.4. The molecular formula is C25H36N6O7. The number of aliphatic hydroxyl groups excluding tert-OH is 1. The van der Waals surface area contributed by atoms with Crippen LogP contribution in [-0.4, -0.2) is 75.1 Å². The zero-order valence-electron chi connectivity index (χ0n) is 21.6. The molecule has 0 bridgehead atoms. The van der Waals surface area contributed by atoms with Gasteiger partial charge in [0.2, 0.25) is 23.6 Å². The molecule has 13 nitrogen and oxygen atoms in total. The third kappa shape index (κ3) is 8.56. The van der Waals surface area contributed by atoms with Crippen LogP contribution in [0.3, 0.4) is 0 Å². The molecule has 5 unspecified atom stereocenters. The fraction of sp³-hybridized carbons (Fsp3) is 0.480. The Kier molecular flexibility index (Phi) is 10.8. The van der Waals surface area contributed by atoms with Gasteiger partial charge in [-0.25, -0.2) is 4.79 Å². The summed E-state index contributed by atoms with van der Waals surface area (Å²) in [6.07, 6.45) is -0.0772. The van der Waals surface area contributed by atoms with Crippen LogP contribution in [-0.2, 0) is 30.4 Å². The third-order valence-electron chi connectivity index (χ3n) is 5.88. The van der Waals surface area contributed by atoms with E-state index in [-0.39, 0.29) is 12.3 Å². The van der Waals surface area contributed by atoms with Gasteiger partial charge in [0.1, 0.15) is 18.1 Å². The van der Waals surface area contributed by atoms with Crippen LogP contribution in [0.4, 0.5) is 0 Å². The van der Waals surface area contributed by atoms with E-state index in [9.17, 15) is 34.2 Å². The van der Waals surface area contributed by atoms with Crippen LogP contribution >= 0.6 is 0 Å². The maximum atomic E-state index is 13.2. The highest BCUT2D eigenvalue weighted by molar-refractivity contribution is 5.95. The molecule has 0 spiro atoms. The summed E-state index contributed by atoms with van der Waals surface area (Å²) in [5.74, 6) is -4.74. The number of benzene rings is 1. The average molecular weight is 533 g/mol. The Balaban J connectivity index is 2.31. The number of amides is 4. The van der Waals surface area contributed by atoms with Crippen LogP contribution in [0.25, 0.3) is 10.9 Å². The van der Waals surface area contributed by atoms with Crippen molar-refractivity contribution in [2.75, 3.05) is 0 Å². The number of para-hydroxylation sites is 1. The van der Waals surface area contributed by atoms with Crippen molar-refractivity contribution in [2.24, 2.45) is 17.4 Å². The van der Waals surface area contributed by atoms with Crippen LogP contribution in [0.2, 0.25) is 0 Å². The number of nitrogens with one attached hydrogen (secondary N) is 4. The number of rotatable bonds is 14. The van der Waals surface area contributed by atoms with E-state index in [1.54, 1.807) is 18.3 Å². The number of aromatic amines is 1. The largest absolute Gasteiger partial charge is 0.480 e. The average Bonchev–Trinajstić information content (AvgIpc) is 3.23. The molecule has 0 saturated carbocycles. The van der Waals surface area contributed by atoms with Crippen molar-refractivity contribution in [3.63, 3.8) is 0 Å². The maximum absolute atomic E-state index is 13.2. The van der Waals surface area contributed by atoms with Crippen LogP contribution in [0.1, 0.15) is 39.2 Å². The second kappa shape index (κ2) is 13.5. The lowest BCUT2D eigenvalue weighted by Crippen LogP contribution is -2.60. The van der Waals surface area contributed by atoms with E-state index in [0.29, 0.717) is 12.0 Å². The first-order valence-electron chi connectivity index (χ1n) is 12.2. The predicted octanol–water partition coefficient (Wildman–Crippen LogP) is -1.12. The molecule has 1 aromatic carbocycles. The highest BCUT2D eigenvalue weighted by Crippen LogP contribution is 2.19. The number of aliphatic hydroxyl groups is 1. The summed E-state index contributed by atoms with van der Waals surface area (Å²) >= 11 is 0. The molecule has 38 heavy (non-hydrogen) atoms. The number of carboxylic acids is 1. The van der Waals surface area contributed by atoms with Crippen molar-refractivity contribution in [2.45, 2.75) is 70.3 Å². The molecule has 0 fully saturated rings. The van der Waals surface area contributed by atoms with Crippen molar-refractivity contribution in [1.29, 1.82) is 0 Å². The number of H-pyrrole nitrogens is 1. The lowest BCUT2D eigenvalue weighted by molar-refractivity contribution is -0.143. The topological polar surface area (TPSA) is 230 Å². The number of aromatic nitrogens is 1. The lowest BCUT2D eigenvalue weighted by atomic mass is 10.0. The smallest absolute Gasteiger partial charge is 0.326 e. The molecular weight excluding hydrogens is 496 g/mol. The number of nitrogens with two attached hydrogens (primary N) is 2. The van der Waals surface area contributed by atoms with Crippen LogP contribution in [0.5, 0.6) is 0 Å². The fourth-order valence-electron chi connectivity index (χ4n) is 3.95. The quantitative estimate of drug-likeness (QED) is 0.148. The number of hydrogen-bond donors (Lipinski definition) is 8. The first-order chi connectivity index (χ1) is 17.8. The van der Waals surface area contributed by atoms with Crippen LogP contribution < -0.4 is 27.4 Å². The molecule has 0 aliphatic heterocycles. The van der Waals surface area contributed by atoms with Crippen molar-refractivity contribution >= 4 is 40.5 Å². The van der Waals surface area contributed by atoms with E-state index in [1.165, 1.54) is 6.92 Å². The summed E-state index contributed by atoms with van der Waals surface area (Å²) in [5, 5.41) is 27.5. The van der Waals surface area contributed by atoms with E-state index in [2.05, 4.69) is 20.9 Å². The van der Waals surface area contributed by atoms with Crippen molar-refractivity contribution < 1.29 is 34.2 Å². The molecule has 0 saturated heterocycles. The standard InChI is InChI=1S/C25H36N6O7/c1-12(2)8-16(26)22(34)31-21(13(3)32)24(36)29-18(23(35)30-19(25(37)38)10-20(27)33)9-14-11-28-17-7-5-4-6-15(14)17/h4-7,11-13,16,18-19,21,28,32H,8-10,26H2,1-3H3,(H2,27,33)(H,29,36)(H,30,35)(H,31,34)(H,37,38). The number of hydrogen-bond acceptors (Lipinski definition) is 7. The maximum Gasteiger partial charge on any atom is 0.326 e. The monoisotopic (exact) mass is 532 g/mol. The Hall–Kier alpha value is -3.97. The summed E-state index contributed by atoms with van der Waals surface area (Å²) in [6.45, 7) is 5.05. The molecule has 5 atom stereocenters. The summed E-state index contributed by atoms with van der Waals surface area (Å²) in [6, 6.07) is 1.91. The van der Waals surface area contributed by atoms with Gasteiger partial charge >= 0.3 is 5.97 Å². The normalized spacial score (nSPS) is 15.2. The minimum Gasteiger partial charge on any atom is -0.480 e. The Labute approximate surface area is 219 Å². The zero-order chi connectivity index (χ0) is 28.6. The molecule has 2 aromatic rings. The summed E-state index contributed by atoms with van der Waals surface area (Å²) < 4.78 is 0.